The normalized spacial score (nSPS) is 10.7. The third kappa shape index (κ3) is 8.74. The van der Waals surface area contributed by atoms with E-state index in [-0.39, 0.29) is 25.4 Å². The van der Waals surface area contributed by atoms with Gasteiger partial charge in [-0.1, -0.05) is 0 Å². The lowest BCUT2D eigenvalue weighted by atomic mass is 10.1. The average molecular weight is 351 g/mol. The van der Waals surface area contributed by atoms with Gasteiger partial charge in [0.2, 0.25) is 0 Å². The maximum atomic E-state index is 11.9. The summed E-state index contributed by atoms with van der Waals surface area (Å²) in [5.41, 5.74) is -0.120. The Morgan fingerprint density at radius 1 is 1.08 bits per heavy atom. The molecular weight excluding hydrogens is 326 g/mol. The van der Waals surface area contributed by atoms with Crippen LogP contribution in [-0.2, 0) is 14.3 Å². The number of esters is 1. The van der Waals surface area contributed by atoms with Gasteiger partial charge >= 0.3 is 12.1 Å². The molecule has 0 aliphatic rings. The molecule has 0 saturated carbocycles. The van der Waals surface area contributed by atoms with Crippen molar-refractivity contribution >= 4 is 17.8 Å². The quantitative estimate of drug-likeness (QED) is 0.440. The molecule has 0 aliphatic carbocycles. The van der Waals surface area contributed by atoms with E-state index in [2.05, 4.69) is 5.32 Å². The van der Waals surface area contributed by atoms with Crippen LogP contribution in [0.3, 0.4) is 0 Å². The number of hydrogen-bond acceptors (Lipinski definition) is 6. The number of rotatable bonds is 8. The molecule has 1 N–H and O–H groups in total. The van der Waals surface area contributed by atoms with Crippen molar-refractivity contribution in [3.63, 3.8) is 0 Å². The van der Waals surface area contributed by atoms with Crippen molar-refractivity contribution in [1.82, 2.24) is 5.32 Å². The summed E-state index contributed by atoms with van der Waals surface area (Å²) in [4.78, 5) is 34.9. The Morgan fingerprint density at radius 3 is 2.28 bits per heavy atom. The van der Waals surface area contributed by atoms with E-state index in [9.17, 15) is 14.4 Å². The van der Waals surface area contributed by atoms with Crippen LogP contribution < -0.4 is 10.1 Å². The third-order valence-corrected chi connectivity index (χ3v) is 3.00. The highest BCUT2D eigenvalue weighted by Gasteiger charge is 2.15. The van der Waals surface area contributed by atoms with Crippen LogP contribution in [0.2, 0.25) is 0 Å². The van der Waals surface area contributed by atoms with Crippen molar-refractivity contribution in [1.29, 1.82) is 0 Å². The molecule has 0 aromatic heterocycles. The van der Waals surface area contributed by atoms with E-state index >= 15 is 0 Å². The SMILES string of the molecule is COc1ccc(C(=O)COC(=O)CCCNC(=O)OC(C)(C)C)cc1. The summed E-state index contributed by atoms with van der Waals surface area (Å²) in [5, 5.41) is 2.55. The van der Waals surface area contributed by atoms with Crippen molar-refractivity contribution in [3.05, 3.63) is 29.8 Å². The zero-order chi connectivity index (χ0) is 18.9. The fourth-order valence-corrected chi connectivity index (χ4v) is 1.82. The summed E-state index contributed by atoms with van der Waals surface area (Å²) in [6.07, 6.45) is -0.0314. The molecule has 0 bridgehead atoms. The number of carbonyl (C=O) groups is 3. The molecule has 25 heavy (non-hydrogen) atoms. The Labute approximate surface area is 147 Å². The van der Waals surface area contributed by atoms with Crippen LogP contribution in [-0.4, -0.2) is 43.7 Å². The van der Waals surface area contributed by atoms with E-state index in [1.165, 1.54) is 7.11 Å². The molecule has 0 unspecified atom stereocenters. The smallest absolute Gasteiger partial charge is 0.407 e. The van der Waals surface area contributed by atoms with Crippen LogP contribution in [0.15, 0.2) is 24.3 Å². The van der Waals surface area contributed by atoms with Crippen molar-refractivity contribution < 1.29 is 28.6 Å². The molecule has 0 atom stereocenters. The lowest BCUT2D eigenvalue weighted by molar-refractivity contribution is -0.142. The minimum Gasteiger partial charge on any atom is -0.497 e. The number of benzene rings is 1. The Kier molecular flexibility index (Phi) is 7.91. The van der Waals surface area contributed by atoms with Gasteiger partial charge in [0, 0.05) is 18.5 Å². The van der Waals surface area contributed by atoms with Crippen LogP contribution >= 0.6 is 0 Å². The first-order valence-electron chi connectivity index (χ1n) is 8.01. The third-order valence-electron chi connectivity index (χ3n) is 3.00. The van der Waals surface area contributed by atoms with Gasteiger partial charge in [-0.25, -0.2) is 4.79 Å². The molecule has 7 nitrogen and oxygen atoms in total. The van der Waals surface area contributed by atoms with E-state index in [1.807, 2.05) is 0 Å². The maximum Gasteiger partial charge on any atom is 0.407 e. The number of alkyl carbamates (subject to hydrolysis) is 1. The minimum atomic E-state index is -0.565. The Hall–Kier alpha value is -2.57. The van der Waals surface area contributed by atoms with E-state index in [4.69, 9.17) is 14.2 Å². The van der Waals surface area contributed by atoms with Crippen LogP contribution in [0.4, 0.5) is 4.79 Å². The second-order valence-electron chi connectivity index (χ2n) is 6.34. The van der Waals surface area contributed by atoms with Gasteiger partial charge < -0.3 is 19.5 Å². The number of hydrogen-bond donors (Lipinski definition) is 1. The molecule has 0 heterocycles. The van der Waals surface area contributed by atoms with Crippen LogP contribution in [0.25, 0.3) is 0 Å². The lowest BCUT2D eigenvalue weighted by Gasteiger charge is -2.19. The first-order chi connectivity index (χ1) is 11.7. The summed E-state index contributed by atoms with van der Waals surface area (Å²) in [6.45, 7) is 5.28. The lowest BCUT2D eigenvalue weighted by Crippen LogP contribution is -2.33. The van der Waals surface area contributed by atoms with Crippen LogP contribution in [0, 0.1) is 0 Å². The van der Waals surface area contributed by atoms with Gasteiger partial charge in [-0.2, -0.15) is 0 Å². The highest BCUT2D eigenvalue weighted by Crippen LogP contribution is 2.12. The molecule has 1 rings (SSSR count). The van der Waals surface area contributed by atoms with Crippen molar-refractivity contribution in [2.45, 2.75) is 39.2 Å². The van der Waals surface area contributed by atoms with Gasteiger partial charge in [0.15, 0.2) is 12.4 Å². The summed E-state index contributed by atoms with van der Waals surface area (Å²) in [6, 6.07) is 6.55. The molecule has 1 aromatic rings. The Bertz CT molecular complexity index is 589. The summed E-state index contributed by atoms with van der Waals surface area (Å²) in [7, 11) is 1.54. The standard InChI is InChI=1S/C18H25NO6/c1-18(2,3)25-17(22)19-11-5-6-16(21)24-12-15(20)13-7-9-14(23-4)10-8-13/h7-10H,5-6,11-12H2,1-4H3,(H,19,22). The van der Waals surface area contributed by atoms with Gasteiger partial charge in [0.05, 0.1) is 7.11 Å². The molecule has 0 spiro atoms. The van der Waals surface area contributed by atoms with E-state index in [1.54, 1.807) is 45.0 Å². The van der Waals surface area contributed by atoms with Gasteiger partial charge in [0.1, 0.15) is 11.4 Å². The number of ether oxygens (including phenoxy) is 3. The molecule has 0 saturated heterocycles. The zero-order valence-corrected chi connectivity index (χ0v) is 15.1. The topological polar surface area (TPSA) is 90.9 Å². The molecule has 0 radical (unpaired) electrons. The van der Waals surface area contributed by atoms with Gasteiger partial charge in [-0.15, -0.1) is 0 Å². The summed E-state index contributed by atoms with van der Waals surface area (Å²) >= 11 is 0. The van der Waals surface area contributed by atoms with Crippen LogP contribution in [0.1, 0.15) is 44.0 Å². The average Bonchev–Trinajstić information content (AvgIpc) is 2.55. The second-order valence-corrected chi connectivity index (χ2v) is 6.34. The first kappa shape index (κ1) is 20.5. The number of nitrogens with one attached hydrogen (secondary N) is 1. The highest BCUT2D eigenvalue weighted by atomic mass is 16.6. The molecule has 0 aliphatic heterocycles. The van der Waals surface area contributed by atoms with Gasteiger partial charge in [0.25, 0.3) is 0 Å². The summed E-state index contributed by atoms with van der Waals surface area (Å²) < 4.78 is 15.0. The largest absolute Gasteiger partial charge is 0.497 e. The van der Waals surface area contributed by atoms with Crippen molar-refractivity contribution in [2.24, 2.45) is 0 Å². The number of Topliss-reactive ketones (excluding diaryl/α,β-unsaturated/α-hetero) is 1. The number of amides is 1. The summed E-state index contributed by atoms with van der Waals surface area (Å²) in [5.74, 6) is -0.137. The molecule has 1 aromatic carbocycles. The maximum absolute atomic E-state index is 11.9. The first-order valence-corrected chi connectivity index (χ1v) is 8.01. The van der Waals surface area contributed by atoms with E-state index in [0.29, 0.717) is 17.7 Å². The molecular formula is C18H25NO6. The fraction of sp³-hybridized carbons (Fsp3) is 0.500. The Morgan fingerprint density at radius 2 is 1.72 bits per heavy atom. The predicted octanol–water partition coefficient (Wildman–Crippen LogP) is 2.73. The zero-order valence-electron chi connectivity index (χ0n) is 15.1. The van der Waals surface area contributed by atoms with Gasteiger partial charge in [-0.05, 0) is 51.5 Å². The number of ketones is 1. The van der Waals surface area contributed by atoms with E-state index < -0.39 is 17.7 Å². The van der Waals surface area contributed by atoms with Crippen molar-refractivity contribution in [3.8, 4) is 5.75 Å². The molecule has 0 fully saturated rings. The number of carbonyl (C=O) groups excluding carboxylic acids is 3. The Balaban J connectivity index is 2.21. The fourth-order valence-electron chi connectivity index (χ4n) is 1.82. The highest BCUT2D eigenvalue weighted by molar-refractivity contribution is 5.98. The monoisotopic (exact) mass is 351 g/mol. The molecule has 138 valence electrons. The van der Waals surface area contributed by atoms with Crippen molar-refractivity contribution in [2.75, 3.05) is 20.3 Å². The minimum absolute atomic E-state index is 0.103. The molecule has 7 heteroatoms. The molecule has 1 amide bonds. The van der Waals surface area contributed by atoms with Gasteiger partial charge in [-0.3, -0.25) is 9.59 Å². The van der Waals surface area contributed by atoms with E-state index in [0.717, 1.165) is 0 Å². The predicted molar refractivity (Wildman–Crippen MR) is 91.8 cm³/mol. The number of methoxy groups -OCH3 is 1. The second kappa shape index (κ2) is 9.66. The van der Waals surface area contributed by atoms with Crippen LogP contribution in [0.5, 0.6) is 5.75 Å².